The van der Waals surface area contributed by atoms with E-state index in [1.54, 1.807) is 36.0 Å². The van der Waals surface area contributed by atoms with E-state index in [0.717, 1.165) is 11.5 Å². The summed E-state index contributed by atoms with van der Waals surface area (Å²) in [4.78, 5) is 25.2. The van der Waals surface area contributed by atoms with Gasteiger partial charge in [-0.3, -0.25) is 14.5 Å². The molecule has 2 radical (unpaired) electrons. The quantitative estimate of drug-likeness (QED) is 0.449. The third-order valence-corrected chi connectivity index (χ3v) is 3.60. The van der Waals surface area contributed by atoms with Gasteiger partial charge in [0, 0.05) is 12.3 Å². The molecule has 5 heteroatoms. The zero-order chi connectivity index (χ0) is 12.3. The zero-order valence-electron chi connectivity index (χ0n) is 9.39. The molecule has 0 N–H and O–H groups in total. The summed E-state index contributed by atoms with van der Waals surface area (Å²) in [7, 11) is 5.38. The Kier molecular flexibility index (Phi) is 3.89. The summed E-state index contributed by atoms with van der Waals surface area (Å²) in [6, 6.07) is 6.94. The Balaban J connectivity index is 2.03. The van der Waals surface area contributed by atoms with Crippen LogP contribution in [0.4, 0.5) is 0 Å². The number of carbonyl (C=O) groups excluding carboxylic acids is 2. The SMILES string of the molecule is [B]CCSCCN1C(=O)c2ccccc2C1=O. The highest BCUT2D eigenvalue weighted by molar-refractivity contribution is 7.99. The molecule has 1 aliphatic rings. The first-order chi connectivity index (χ1) is 8.25. The molecule has 0 atom stereocenters. The van der Waals surface area contributed by atoms with Crippen molar-refractivity contribution in [1.29, 1.82) is 0 Å². The van der Waals surface area contributed by atoms with Gasteiger partial charge < -0.3 is 0 Å². The minimum absolute atomic E-state index is 0.182. The molecule has 0 aliphatic carbocycles. The van der Waals surface area contributed by atoms with Crippen LogP contribution < -0.4 is 0 Å². The molecular formula is C12H12BNO2S. The molecule has 17 heavy (non-hydrogen) atoms. The summed E-state index contributed by atoms with van der Waals surface area (Å²) in [5.41, 5.74) is 1.03. The zero-order valence-corrected chi connectivity index (χ0v) is 10.2. The summed E-state index contributed by atoms with van der Waals surface area (Å²) in [6.07, 6.45) is 0.618. The summed E-state index contributed by atoms with van der Waals surface area (Å²) in [6.45, 7) is 0.455. The number of carbonyl (C=O) groups is 2. The van der Waals surface area contributed by atoms with Gasteiger partial charge in [0.2, 0.25) is 0 Å². The van der Waals surface area contributed by atoms with E-state index in [0.29, 0.717) is 24.0 Å². The van der Waals surface area contributed by atoms with Gasteiger partial charge in [-0.15, -0.1) is 0 Å². The fourth-order valence-electron chi connectivity index (χ4n) is 1.78. The van der Waals surface area contributed by atoms with Crippen LogP contribution in [-0.4, -0.2) is 42.6 Å². The fraction of sp³-hybridized carbons (Fsp3) is 0.333. The number of fused-ring (bicyclic) bond motifs is 1. The summed E-state index contributed by atoms with van der Waals surface area (Å²) in [5, 5.41) is 0. The molecule has 0 fully saturated rings. The Labute approximate surface area is 106 Å². The number of hydrogen-bond acceptors (Lipinski definition) is 3. The smallest absolute Gasteiger partial charge is 0.261 e. The lowest BCUT2D eigenvalue weighted by Gasteiger charge is -2.12. The highest BCUT2D eigenvalue weighted by atomic mass is 32.2. The predicted octanol–water partition coefficient (Wildman–Crippen LogP) is 1.60. The number of hydrogen-bond donors (Lipinski definition) is 0. The Morgan fingerprint density at radius 1 is 1.06 bits per heavy atom. The molecule has 0 spiro atoms. The van der Waals surface area contributed by atoms with Gasteiger partial charge in [0.25, 0.3) is 11.8 Å². The van der Waals surface area contributed by atoms with Gasteiger partial charge in [0.05, 0.1) is 19.0 Å². The van der Waals surface area contributed by atoms with Crippen molar-refractivity contribution in [1.82, 2.24) is 4.90 Å². The molecule has 1 aromatic carbocycles. The molecule has 1 aliphatic heterocycles. The average Bonchev–Trinajstić information content (AvgIpc) is 2.60. The van der Waals surface area contributed by atoms with Crippen molar-refractivity contribution >= 4 is 31.4 Å². The maximum Gasteiger partial charge on any atom is 0.261 e. The van der Waals surface area contributed by atoms with E-state index < -0.39 is 0 Å². The molecule has 0 saturated carbocycles. The van der Waals surface area contributed by atoms with E-state index in [9.17, 15) is 9.59 Å². The van der Waals surface area contributed by atoms with E-state index in [1.165, 1.54) is 4.90 Å². The van der Waals surface area contributed by atoms with E-state index in [-0.39, 0.29) is 11.8 Å². The topological polar surface area (TPSA) is 37.4 Å². The lowest BCUT2D eigenvalue weighted by molar-refractivity contribution is 0.0664. The number of amides is 2. The van der Waals surface area contributed by atoms with Crippen LogP contribution in [0.5, 0.6) is 0 Å². The molecule has 86 valence electrons. The summed E-state index contributed by atoms with van der Waals surface area (Å²) < 4.78 is 0. The molecule has 1 aromatic rings. The molecule has 1 heterocycles. The molecule has 0 bridgehead atoms. The van der Waals surface area contributed by atoms with Crippen molar-refractivity contribution in [2.75, 3.05) is 18.1 Å². The van der Waals surface area contributed by atoms with E-state index in [4.69, 9.17) is 7.85 Å². The minimum Gasteiger partial charge on any atom is -0.274 e. The van der Waals surface area contributed by atoms with Crippen molar-refractivity contribution < 1.29 is 9.59 Å². The number of thioether (sulfide) groups is 1. The lowest BCUT2D eigenvalue weighted by Crippen LogP contribution is -2.31. The Bertz CT molecular complexity index is 415. The molecule has 0 aromatic heterocycles. The Hall–Kier alpha value is -1.23. The van der Waals surface area contributed by atoms with Crippen LogP contribution in [-0.2, 0) is 0 Å². The van der Waals surface area contributed by atoms with Crippen molar-refractivity contribution in [3.8, 4) is 0 Å². The summed E-state index contributed by atoms with van der Waals surface area (Å²) >= 11 is 1.65. The molecule has 2 amide bonds. The van der Waals surface area contributed by atoms with Crippen LogP contribution in [0.3, 0.4) is 0 Å². The van der Waals surface area contributed by atoms with Gasteiger partial charge in [0.1, 0.15) is 0 Å². The molecule has 0 unspecified atom stereocenters. The average molecular weight is 245 g/mol. The second kappa shape index (κ2) is 5.40. The third kappa shape index (κ3) is 2.39. The first kappa shape index (κ1) is 12.2. The van der Waals surface area contributed by atoms with Crippen molar-refractivity contribution in [3.05, 3.63) is 35.4 Å². The van der Waals surface area contributed by atoms with Crippen molar-refractivity contribution in [3.63, 3.8) is 0 Å². The summed E-state index contributed by atoms with van der Waals surface area (Å²) in [5.74, 6) is 1.23. The van der Waals surface area contributed by atoms with Gasteiger partial charge in [-0.25, -0.2) is 0 Å². The Morgan fingerprint density at radius 3 is 2.18 bits per heavy atom. The van der Waals surface area contributed by atoms with Gasteiger partial charge in [-0.1, -0.05) is 18.5 Å². The van der Waals surface area contributed by atoms with Gasteiger partial charge >= 0.3 is 0 Å². The van der Waals surface area contributed by atoms with Crippen LogP contribution in [0.15, 0.2) is 24.3 Å². The predicted molar refractivity (Wildman–Crippen MR) is 69.7 cm³/mol. The van der Waals surface area contributed by atoms with Crippen LogP contribution in [0, 0.1) is 0 Å². The number of rotatable bonds is 5. The van der Waals surface area contributed by atoms with E-state index in [1.807, 2.05) is 0 Å². The largest absolute Gasteiger partial charge is 0.274 e. The monoisotopic (exact) mass is 245 g/mol. The maximum atomic E-state index is 11.9. The maximum absolute atomic E-state index is 11.9. The minimum atomic E-state index is -0.182. The molecule has 0 saturated heterocycles. The number of nitrogens with zero attached hydrogens (tertiary/aromatic N) is 1. The normalized spacial score (nSPS) is 14.2. The van der Waals surface area contributed by atoms with Gasteiger partial charge in [-0.2, -0.15) is 11.8 Å². The first-order valence-electron chi connectivity index (χ1n) is 5.48. The second-order valence-corrected chi connectivity index (χ2v) is 4.93. The van der Waals surface area contributed by atoms with Crippen LogP contribution in [0.2, 0.25) is 6.32 Å². The standard InChI is InChI=1S/C12H12BNO2S/c13-5-7-17-8-6-14-11(15)9-3-1-2-4-10(9)12(14)16/h1-4H,5-8H2. The van der Waals surface area contributed by atoms with Crippen molar-refractivity contribution in [2.24, 2.45) is 0 Å². The van der Waals surface area contributed by atoms with Crippen LogP contribution >= 0.6 is 11.8 Å². The molecular weight excluding hydrogens is 233 g/mol. The highest BCUT2D eigenvalue weighted by Crippen LogP contribution is 2.22. The van der Waals surface area contributed by atoms with E-state index >= 15 is 0 Å². The second-order valence-electron chi connectivity index (χ2n) is 3.71. The van der Waals surface area contributed by atoms with E-state index in [2.05, 4.69) is 0 Å². The first-order valence-corrected chi connectivity index (χ1v) is 6.64. The molecule has 2 rings (SSSR count). The van der Waals surface area contributed by atoms with Gasteiger partial charge in [0.15, 0.2) is 0 Å². The fourth-order valence-corrected chi connectivity index (χ4v) is 2.47. The third-order valence-electron chi connectivity index (χ3n) is 2.60. The van der Waals surface area contributed by atoms with Gasteiger partial charge in [-0.05, 0) is 17.9 Å². The lowest BCUT2D eigenvalue weighted by atomic mass is 10.1. The van der Waals surface area contributed by atoms with Crippen LogP contribution in [0.25, 0.3) is 0 Å². The van der Waals surface area contributed by atoms with Crippen LogP contribution in [0.1, 0.15) is 20.7 Å². The molecule has 3 nitrogen and oxygen atoms in total. The van der Waals surface area contributed by atoms with Crippen molar-refractivity contribution in [2.45, 2.75) is 6.32 Å². The number of benzene rings is 1. The number of imide groups is 1. The highest BCUT2D eigenvalue weighted by Gasteiger charge is 2.34. The Morgan fingerprint density at radius 2 is 1.65 bits per heavy atom.